The first-order valence-corrected chi connectivity index (χ1v) is 6.09. The first kappa shape index (κ1) is 10.5. The Morgan fingerprint density at radius 1 is 0.941 bits per heavy atom. The van der Waals surface area contributed by atoms with Gasteiger partial charge in [0, 0.05) is 10.0 Å². The van der Waals surface area contributed by atoms with Gasteiger partial charge in [-0.1, -0.05) is 34.7 Å². The zero-order valence-electron chi connectivity index (χ0n) is 9.03. The Morgan fingerprint density at radius 2 is 1.71 bits per heavy atom. The summed E-state index contributed by atoms with van der Waals surface area (Å²) < 4.78 is 1.02. The number of fused-ring (bicyclic) bond motifs is 2. The Bertz CT molecular complexity index is 695. The average molecular weight is 285 g/mol. The lowest BCUT2D eigenvalue weighted by Crippen LogP contribution is -2.04. The van der Waals surface area contributed by atoms with E-state index in [1.165, 1.54) is 0 Å². The molecule has 0 amide bonds. The van der Waals surface area contributed by atoms with Crippen LogP contribution in [-0.4, -0.2) is 5.78 Å². The van der Waals surface area contributed by atoms with Gasteiger partial charge in [0.05, 0.1) is 0 Å². The van der Waals surface area contributed by atoms with Gasteiger partial charge in [0.25, 0.3) is 0 Å². The van der Waals surface area contributed by atoms with Crippen LogP contribution in [0.5, 0.6) is 0 Å². The maximum absolute atomic E-state index is 11.8. The number of rotatable bonds is 0. The Labute approximate surface area is 108 Å². The minimum Gasteiger partial charge on any atom is -0.289 e. The van der Waals surface area contributed by atoms with Crippen molar-refractivity contribution in [1.29, 1.82) is 0 Å². The average Bonchev–Trinajstić information content (AvgIpc) is 2.32. The molecule has 1 aliphatic carbocycles. The summed E-state index contributed by atoms with van der Waals surface area (Å²) in [6, 6.07) is 10.0. The van der Waals surface area contributed by atoms with Crippen LogP contribution in [0.1, 0.15) is 15.9 Å². The zero-order chi connectivity index (χ0) is 12.0. The van der Waals surface area contributed by atoms with Crippen LogP contribution < -0.4 is 0 Å². The molecule has 0 saturated carbocycles. The van der Waals surface area contributed by atoms with Crippen molar-refractivity contribution < 1.29 is 4.79 Å². The SMILES string of the molecule is C=C1C=CC(=O)c2cc3cc(Br)ccc3cc21. The Morgan fingerprint density at radius 3 is 2.53 bits per heavy atom. The molecule has 0 unspecified atom stereocenters. The molecule has 0 saturated heterocycles. The van der Waals surface area contributed by atoms with Crippen molar-refractivity contribution in [3.63, 3.8) is 0 Å². The molecule has 0 radical (unpaired) electrons. The molecule has 1 nitrogen and oxygen atoms in total. The van der Waals surface area contributed by atoms with E-state index >= 15 is 0 Å². The molecule has 0 fully saturated rings. The molecular formula is C15H9BrO. The van der Waals surface area contributed by atoms with Crippen LogP contribution >= 0.6 is 15.9 Å². The van der Waals surface area contributed by atoms with Gasteiger partial charge in [-0.05, 0) is 52.3 Å². The normalized spacial score (nSPS) is 14.2. The third-order valence-corrected chi connectivity index (χ3v) is 3.48. The molecule has 0 N–H and O–H groups in total. The van der Waals surface area contributed by atoms with Crippen LogP contribution in [0.4, 0.5) is 0 Å². The summed E-state index contributed by atoms with van der Waals surface area (Å²) in [5, 5.41) is 2.19. The van der Waals surface area contributed by atoms with E-state index in [9.17, 15) is 4.79 Å². The van der Waals surface area contributed by atoms with Gasteiger partial charge in [0.1, 0.15) is 0 Å². The van der Waals surface area contributed by atoms with Crippen molar-refractivity contribution in [3.8, 4) is 0 Å². The summed E-state index contributed by atoms with van der Waals surface area (Å²) in [6.07, 6.45) is 3.35. The highest BCUT2D eigenvalue weighted by Crippen LogP contribution is 2.30. The molecular weight excluding hydrogens is 276 g/mol. The molecule has 82 valence electrons. The fourth-order valence-electron chi connectivity index (χ4n) is 2.09. The molecule has 2 aromatic rings. The Hall–Kier alpha value is -1.67. The van der Waals surface area contributed by atoms with E-state index in [1.54, 1.807) is 12.2 Å². The van der Waals surface area contributed by atoms with Crippen LogP contribution in [0, 0.1) is 0 Å². The van der Waals surface area contributed by atoms with E-state index in [0.717, 1.165) is 31.9 Å². The van der Waals surface area contributed by atoms with Crippen molar-refractivity contribution in [2.45, 2.75) is 0 Å². The standard InChI is InChI=1S/C15H9BrO/c1-9-2-5-15(17)14-8-11-6-12(16)4-3-10(11)7-13(9)14/h2-8H,1H2. The second-order valence-electron chi connectivity index (χ2n) is 4.11. The van der Waals surface area contributed by atoms with Gasteiger partial charge in [0.2, 0.25) is 0 Å². The zero-order valence-corrected chi connectivity index (χ0v) is 10.6. The first-order valence-electron chi connectivity index (χ1n) is 5.30. The summed E-state index contributed by atoms with van der Waals surface area (Å²) in [7, 11) is 0. The minimum absolute atomic E-state index is 0.0503. The lowest BCUT2D eigenvalue weighted by Gasteiger charge is -2.13. The second-order valence-corrected chi connectivity index (χ2v) is 5.03. The van der Waals surface area contributed by atoms with E-state index < -0.39 is 0 Å². The van der Waals surface area contributed by atoms with Gasteiger partial charge in [-0.25, -0.2) is 0 Å². The first-order chi connectivity index (χ1) is 8.15. The minimum atomic E-state index is 0.0503. The molecule has 0 aliphatic heterocycles. The van der Waals surface area contributed by atoms with Crippen LogP contribution in [0.15, 0.2) is 53.5 Å². The quantitative estimate of drug-likeness (QED) is 0.702. The molecule has 2 aromatic carbocycles. The summed E-state index contributed by atoms with van der Waals surface area (Å²) in [5.74, 6) is 0.0503. The van der Waals surface area contributed by atoms with Gasteiger partial charge >= 0.3 is 0 Å². The van der Waals surface area contributed by atoms with Gasteiger partial charge in [-0.3, -0.25) is 4.79 Å². The molecule has 0 atom stereocenters. The molecule has 2 heteroatoms. The van der Waals surface area contributed by atoms with Crippen LogP contribution in [0.2, 0.25) is 0 Å². The van der Waals surface area contributed by atoms with Crippen molar-refractivity contribution >= 4 is 38.1 Å². The van der Waals surface area contributed by atoms with E-state index in [0.29, 0.717) is 0 Å². The van der Waals surface area contributed by atoms with Crippen LogP contribution in [-0.2, 0) is 0 Å². The number of halogens is 1. The molecule has 0 aromatic heterocycles. The van der Waals surface area contributed by atoms with Gasteiger partial charge in [0.15, 0.2) is 5.78 Å². The monoisotopic (exact) mass is 284 g/mol. The Kier molecular flexibility index (Phi) is 2.26. The van der Waals surface area contributed by atoms with E-state index in [-0.39, 0.29) is 5.78 Å². The fourth-order valence-corrected chi connectivity index (χ4v) is 2.47. The number of carbonyl (C=O) groups excluding carboxylic acids is 1. The van der Waals surface area contributed by atoms with Gasteiger partial charge < -0.3 is 0 Å². The highest BCUT2D eigenvalue weighted by Gasteiger charge is 2.15. The Balaban J connectivity index is 2.38. The highest BCUT2D eigenvalue weighted by molar-refractivity contribution is 9.10. The fraction of sp³-hybridized carbons (Fsp3) is 0. The summed E-state index contributed by atoms with van der Waals surface area (Å²) >= 11 is 3.44. The lowest BCUT2D eigenvalue weighted by atomic mass is 9.90. The maximum Gasteiger partial charge on any atom is 0.186 e. The summed E-state index contributed by atoms with van der Waals surface area (Å²) in [6.45, 7) is 3.97. The van der Waals surface area contributed by atoms with Crippen molar-refractivity contribution in [1.82, 2.24) is 0 Å². The number of hydrogen-bond donors (Lipinski definition) is 0. The molecule has 0 spiro atoms. The third kappa shape index (κ3) is 1.65. The second kappa shape index (κ2) is 3.67. The molecule has 0 heterocycles. The number of benzene rings is 2. The van der Waals surface area contributed by atoms with E-state index in [4.69, 9.17) is 0 Å². The predicted molar refractivity (Wildman–Crippen MR) is 74.2 cm³/mol. The van der Waals surface area contributed by atoms with E-state index in [1.807, 2.05) is 30.3 Å². The predicted octanol–water partition coefficient (Wildman–Crippen LogP) is 4.37. The topological polar surface area (TPSA) is 17.1 Å². The van der Waals surface area contributed by atoms with Crippen molar-refractivity contribution in [2.75, 3.05) is 0 Å². The van der Waals surface area contributed by atoms with Crippen LogP contribution in [0.3, 0.4) is 0 Å². The van der Waals surface area contributed by atoms with Gasteiger partial charge in [-0.2, -0.15) is 0 Å². The summed E-state index contributed by atoms with van der Waals surface area (Å²) in [4.78, 5) is 11.8. The molecule has 17 heavy (non-hydrogen) atoms. The number of ketones is 1. The molecule has 0 bridgehead atoms. The third-order valence-electron chi connectivity index (χ3n) is 2.99. The van der Waals surface area contributed by atoms with Crippen molar-refractivity contribution in [3.05, 3.63) is 64.7 Å². The molecule has 1 aliphatic rings. The van der Waals surface area contributed by atoms with E-state index in [2.05, 4.69) is 22.5 Å². The van der Waals surface area contributed by atoms with Crippen molar-refractivity contribution in [2.24, 2.45) is 0 Å². The lowest BCUT2D eigenvalue weighted by molar-refractivity contribution is 0.104. The maximum atomic E-state index is 11.8. The van der Waals surface area contributed by atoms with Crippen LogP contribution in [0.25, 0.3) is 16.3 Å². The number of allylic oxidation sites excluding steroid dienone is 3. The number of carbonyl (C=O) groups is 1. The smallest absolute Gasteiger partial charge is 0.186 e. The summed E-state index contributed by atoms with van der Waals surface area (Å²) in [5.41, 5.74) is 2.57. The molecule has 3 rings (SSSR count). The number of hydrogen-bond acceptors (Lipinski definition) is 1. The highest BCUT2D eigenvalue weighted by atomic mass is 79.9. The van der Waals surface area contributed by atoms with Gasteiger partial charge in [-0.15, -0.1) is 0 Å². The largest absolute Gasteiger partial charge is 0.289 e.